The summed E-state index contributed by atoms with van der Waals surface area (Å²) in [5.74, 6) is -1.38. The summed E-state index contributed by atoms with van der Waals surface area (Å²) in [4.78, 5) is 22.5. The van der Waals surface area contributed by atoms with Crippen molar-refractivity contribution in [3.8, 4) is 0 Å². The molecule has 1 aromatic carbocycles. The first kappa shape index (κ1) is 12.5. The summed E-state index contributed by atoms with van der Waals surface area (Å²) in [6.45, 7) is 0. The van der Waals surface area contributed by atoms with Crippen LogP contribution >= 0.6 is 0 Å². The molecule has 0 atom stereocenters. The lowest BCUT2D eigenvalue weighted by Crippen LogP contribution is -2.23. The fourth-order valence-electron chi connectivity index (χ4n) is 1.20. The van der Waals surface area contributed by atoms with Gasteiger partial charge < -0.3 is 22.0 Å². The predicted molar refractivity (Wildman–Crippen MR) is 61.6 cm³/mol. The van der Waals surface area contributed by atoms with E-state index in [1.165, 1.54) is 12.1 Å². The normalized spacial score (nSPS) is 10.9. The average Bonchev–Trinajstić information content (AvgIpc) is 2.29. The van der Waals surface area contributed by atoms with Crippen molar-refractivity contribution < 1.29 is 14.8 Å². The van der Waals surface area contributed by atoms with Gasteiger partial charge in [-0.1, -0.05) is 17.3 Å². The van der Waals surface area contributed by atoms with Gasteiger partial charge in [0, 0.05) is 0 Å². The molecule has 0 bridgehead atoms. The van der Waals surface area contributed by atoms with Gasteiger partial charge >= 0.3 is 0 Å². The lowest BCUT2D eigenvalue weighted by molar-refractivity contribution is -0.115. The van der Waals surface area contributed by atoms with E-state index in [1.54, 1.807) is 12.1 Å². The minimum atomic E-state index is -0.648. The van der Waals surface area contributed by atoms with E-state index < -0.39 is 11.8 Å². The first-order valence-electron chi connectivity index (χ1n) is 4.69. The van der Waals surface area contributed by atoms with Gasteiger partial charge in [0.25, 0.3) is 5.91 Å². The minimum absolute atomic E-state index is 0.195. The number of nitrogens with zero attached hydrogens (tertiary/aromatic N) is 1. The number of amides is 2. The van der Waals surface area contributed by atoms with Crippen LogP contribution < -0.4 is 16.8 Å². The second-order valence-corrected chi connectivity index (χ2v) is 3.23. The number of hydrogen-bond acceptors (Lipinski definition) is 4. The Labute approximate surface area is 97.1 Å². The smallest absolute Gasteiger partial charge is 0.250 e. The maximum atomic E-state index is 11.4. The standard InChI is InChI=1S/C10H12N4O3/c11-8(14-17)5-9(15)13-7-4-2-1-3-6(7)10(12)16/h1-4,17H,5H2,(H2,11,14)(H2,12,16)(H,13,15). The number of carbonyl (C=O) groups excluding carboxylic acids is 2. The molecular formula is C10H12N4O3. The summed E-state index contributed by atoms with van der Waals surface area (Å²) in [5.41, 5.74) is 10.8. The largest absolute Gasteiger partial charge is 0.409 e. The van der Waals surface area contributed by atoms with E-state index in [0.29, 0.717) is 0 Å². The van der Waals surface area contributed by atoms with Gasteiger partial charge in [-0.05, 0) is 12.1 Å². The maximum Gasteiger partial charge on any atom is 0.250 e. The zero-order valence-electron chi connectivity index (χ0n) is 8.88. The molecule has 0 saturated heterocycles. The molecule has 0 radical (unpaired) electrons. The van der Waals surface area contributed by atoms with Gasteiger partial charge in [-0.25, -0.2) is 0 Å². The molecule has 17 heavy (non-hydrogen) atoms. The lowest BCUT2D eigenvalue weighted by Gasteiger charge is -2.07. The Kier molecular flexibility index (Phi) is 4.04. The topological polar surface area (TPSA) is 131 Å². The number of rotatable bonds is 4. The van der Waals surface area contributed by atoms with Crippen molar-refractivity contribution in [2.75, 3.05) is 5.32 Å². The van der Waals surface area contributed by atoms with Crippen LogP contribution in [0.25, 0.3) is 0 Å². The molecule has 0 spiro atoms. The van der Waals surface area contributed by atoms with Crippen LogP contribution in [-0.2, 0) is 4.79 Å². The van der Waals surface area contributed by atoms with Crippen molar-refractivity contribution in [3.63, 3.8) is 0 Å². The fourth-order valence-corrected chi connectivity index (χ4v) is 1.20. The highest BCUT2D eigenvalue weighted by Gasteiger charge is 2.11. The van der Waals surface area contributed by atoms with Gasteiger partial charge in [0.15, 0.2) is 0 Å². The van der Waals surface area contributed by atoms with Crippen LogP contribution in [0.15, 0.2) is 29.4 Å². The van der Waals surface area contributed by atoms with Gasteiger partial charge in [-0.2, -0.15) is 0 Å². The zero-order valence-corrected chi connectivity index (χ0v) is 8.88. The van der Waals surface area contributed by atoms with Crippen LogP contribution in [0.3, 0.4) is 0 Å². The zero-order chi connectivity index (χ0) is 12.8. The van der Waals surface area contributed by atoms with Gasteiger partial charge in [-0.15, -0.1) is 0 Å². The van der Waals surface area contributed by atoms with Crippen LogP contribution in [-0.4, -0.2) is 22.9 Å². The highest BCUT2D eigenvalue weighted by molar-refractivity contribution is 6.08. The molecule has 2 amide bonds. The molecule has 0 aliphatic rings. The quantitative estimate of drug-likeness (QED) is 0.251. The number of para-hydroxylation sites is 1. The summed E-state index contributed by atoms with van der Waals surface area (Å²) >= 11 is 0. The van der Waals surface area contributed by atoms with E-state index in [2.05, 4.69) is 10.5 Å². The van der Waals surface area contributed by atoms with E-state index in [1.807, 2.05) is 0 Å². The fraction of sp³-hybridized carbons (Fsp3) is 0.100. The number of nitrogens with two attached hydrogens (primary N) is 2. The molecule has 0 fully saturated rings. The molecule has 0 aliphatic heterocycles. The van der Waals surface area contributed by atoms with Crippen LogP contribution in [0.4, 0.5) is 5.69 Å². The molecule has 0 heterocycles. The van der Waals surface area contributed by atoms with E-state index in [0.717, 1.165) is 0 Å². The third kappa shape index (κ3) is 3.49. The Balaban J connectivity index is 2.81. The van der Waals surface area contributed by atoms with Crippen molar-refractivity contribution >= 4 is 23.3 Å². The summed E-state index contributed by atoms with van der Waals surface area (Å²) in [5, 5.41) is 13.4. The van der Waals surface area contributed by atoms with Crippen LogP contribution in [0, 0.1) is 0 Å². The first-order chi connectivity index (χ1) is 8.04. The summed E-state index contributed by atoms with van der Waals surface area (Å²) in [7, 11) is 0. The summed E-state index contributed by atoms with van der Waals surface area (Å²) in [6, 6.07) is 6.29. The monoisotopic (exact) mass is 236 g/mol. The number of primary amides is 1. The molecule has 90 valence electrons. The van der Waals surface area contributed by atoms with E-state index in [9.17, 15) is 9.59 Å². The molecule has 7 heteroatoms. The van der Waals surface area contributed by atoms with Crippen LogP contribution in [0.5, 0.6) is 0 Å². The van der Waals surface area contributed by atoms with E-state index in [4.69, 9.17) is 16.7 Å². The number of amidine groups is 1. The van der Waals surface area contributed by atoms with Gasteiger partial charge in [0.2, 0.25) is 5.91 Å². The van der Waals surface area contributed by atoms with Crippen molar-refractivity contribution in [3.05, 3.63) is 29.8 Å². The highest BCUT2D eigenvalue weighted by Crippen LogP contribution is 2.14. The van der Waals surface area contributed by atoms with Gasteiger partial charge in [-0.3, -0.25) is 9.59 Å². The number of hydrogen-bond donors (Lipinski definition) is 4. The Hall–Kier alpha value is -2.57. The number of nitrogens with one attached hydrogen (secondary N) is 1. The molecule has 1 aromatic rings. The van der Waals surface area contributed by atoms with Gasteiger partial charge in [0.1, 0.15) is 5.84 Å². The molecule has 0 saturated carbocycles. The molecule has 1 rings (SSSR count). The number of oxime groups is 1. The van der Waals surface area contributed by atoms with Crippen LogP contribution in [0.1, 0.15) is 16.8 Å². The second-order valence-electron chi connectivity index (χ2n) is 3.23. The summed E-state index contributed by atoms with van der Waals surface area (Å²) in [6.07, 6.45) is -0.274. The predicted octanol–water partition coefficient (Wildman–Crippen LogP) is -0.139. The minimum Gasteiger partial charge on any atom is -0.409 e. The number of benzene rings is 1. The highest BCUT2D eigenvalue weighted by atomic mass is 16.4. The number of anilines is 1. The third-order valence-corrected chi connectivity index (χ3v) is 1.94. The Morgan fingerprint density at radius 3 is 2.53 bits per heavy atom. The SMILES string of the molecule is NC(=O)c1ccccc1NC(=O)C/C(N)=N/O. The molecular weight excluding hydrogens is 224 g/mol. The lowest BCUT2D eigenvalue weighted by atomic mass is 10.1. The average molecular weight is 236 g/mol. The van der Waals surface area contributed by atoms with Crippen LogP contribution in [0.2, 0.25) is 0 Å². The Bertz CT molecular complexity index is 470. The molecule has 6 N–H and O–H groups in total. The first-order valence-corrected chi connectivity index (χ1v) is 4.69. The van der Waals surface area contributed by atoms with Crippen molar-refractivity contribution in [1.29, 1.82) is 0 Å². The molecule has 0 aliphatic carbocycles. The van der Waals surface area contributed by atoms with E-state index in [-0.39, 0.29) is 23.5 Å². The van der Waals surface area contributed by atoms with E-state index >= 15 is 0 Å². The molecule has 7 nitrogen and oxygen atoms in total. The molecule has 0 unspecified atom stereocenters. The third-order valence-electron chi connectivity index (χ3n) is 1.94. The van der Waals surface area contributed by atoms with Crippen molar-refractivity contribution in [2.24, 2.45) is 16.6 Å². The van der Waals surface area contributed by atoms with Crippen molar-refractivity contribution in [1.82, 2.24) is 0 Å². The number of carbonyl (C=O) groups is 2. The molecule has 0 aromatic heterocycles. The Morgan fingerprint density at radius 2 is 1.94 bits per heavy atom. The van der Waals surface area contributed by atoms with Crippen molar-refractivity contribution in [2.45, 2.75) is 6.42 Å². The Morgan fingerprint density at radius 1 is 1.29 bits per heavy atom. The van der Waals surface area contributed by atoms with Gasteiger partial charge in [0.05, 0.1) is 17.7 Å². The summed E-state index contributed by atoms with van der Waals surface area (Å²) < 4.78 is 0. The maximum absolute atomic E-state index is 11.4. The second kappa shape index (κ2) is 5.50.